The molecule has 0 aliphatic carbocycles. The third kappa shape index (κ3) is 3.95. The van der Waals surface area contributed by atoms with Crippen molar-refractivity contribution in [3.63, 3.8) is 0 Å². The minimum Gasteiger partial charge on any atom is -0.469 e. The highest BCUT2D eigenvalue weighted by molar-refractivity contribution is 5.84. The van der Waals surface area contributed by atoms with E-state index < -0.39 is 5.92 Å². The molecule has 1 aliphatic rings. The normalized spacial score (nSPS) is 21.9. The van der Waals surface area contributed by atoms with Gasteiger partial charge >= 0.3 is 5.97 Å². The molecule has 0 aromatic rings. The summed E-state index contributed by atoms with van der Waals surface area (Å²) in [4.78, 5) is 26.2. The van der Waals surface area contributed by atoms with Crippen LogP contribution < -0.4 is 0 Å². The number of hydrogen-bond acceptors (Lipinski definition) is 4. The molecule has 0 aromatic carbocycles. The number of hydrogen-bond donors (Lipinski definition) is 0. The monoisotopic (exact) mass is 285 g/mol. The van der Waals surface area contributed by atoms with E-state index in [1.807, 2.05) is 11.8 Å². The van der Waals surface area contributed by atoms with Gasteiger partial charge < -0.3 is 14.4 Å². The summed E-state index contributed by atoms with van der Waals surface area (Å²) in [6.45, 7) is 6.86. The van der Waals surface area contributed by atoms with Gasteiger partial charge in [-0.25, -0.2) is 0 Å². The van der Waals surface area contributed by atoms with Crippen LogP contribution >= 0.6 is 0 Å². The lowest BCUT2D eigenvalue weighted by atomic mass is 9.95. The number of carbonyl (C=O) groups is 2. The second-order valence-electron chi connectivity index (χ2n) is 5.81. The number of carbonyl (C=O) groups excluding carboxylic acids is 2. The Morgan fingerprint density at radius 2 is 1.90 bits per heavy atom. The predicted molar refractivity (Wildman–Crippen MR) is 76.2 cm³/mol. The molecule has 0 N–H and O–H groups in total. The Morgan fingerprint density at radius 1 is 1.25 bits per heavy atom. The molecule has 0 spiro atoms. The van der Waals surface area contributed by atoms with Gasteiger partial charge in [0.1, 0.15) is 0 Å². The van der Waals surface area contributed by atoms with Crippen LogP contribution in [-0.2, 0) is 19.1 Å². The molecule has 1 aliphatic heterocycles. The number of rotatable bonds is 6. The Labute approximate surface area is 121 Å². The van der Waals surface area contributed by atoms with Crippen LogP contribution in [0.3, 0.4) is 0 Å². The number of esters is 1. The highest BCUT2D eigenvalue weighted by Gasteiger charge is 2.37. The van der Waals surface area contributed by atoms with Gasteiger partial charge in [-0.15, -0.1) is 0 Å². The maximum Gasteiger partial charge on any atom is 0.306 e. The fourth-order valence-electron chi connectivity index (χ4n) is 2.85. The molecule has 5 nitrogen and oxygen atoms in total. The first kappa shape index (κ1) is 17.0. The van der Waals surface area contributed by atoms with E-state index in [2.05, 4.69) is 13.8 Å². The van der Waals surface area contributed by atoms with Crippen molar-refractivity contribution in [2.45, 2.75) is 52.2 Å². The minimum absolute atomic E-state index is 0.0148. The lowest BCUT2D eigenvalue weighted by Crippen LogP contribution is -2.45. The highest BCUT2D eigenvalue weighted by atomic mass is 16.5. The molecule has 1 amide bonds. The summed E-state index contributed by atoms with van der Waals surface area (Å²) >= 11 is 0. The predicted octanol–water partition coefficient (Wildman–Crippen LogP) is 1.85. The second kappa shape index (κ2) is 7.62. The van der Waals surface area contributed by atoms with Crippen LogP contribution in [0.15, 0.2) is 0 Å². The summed E-state index contributed by atoms with van der Waals surface area (Å²) in [6.07, 6.45) is 1.84. The average molecular weight is 285 g/mol. The van der Waals surface area contributed by atoms with Crippen LogP contribution in [-0.4, -0.2) is 49.7 Å². The molecule has 5 heteroatoms. The molecule has 116 valence electrons. The zero-order valence-electron chi connectivity index (χ0n) is 13.2. The molecule has 0 unspecified atom stereocenters. The quantitative estimate of drug-likeness (QED) is 0.699. The molecular formula is C15H27NO4. The van der Waals surface area contributed by atoms with Gasteiger partial charge in [0.05, 0.1) is 25.6 Å². The molecule has 0 aromatic heterocycles. The Kier molecular flexibility index (Phi) is 6.46. The maximum atomic E-state index is 12.8. The highest BCUT2D eigenvalue weighted by Crippen LogP contribution is 2.27. The van der Waals surface area contributed by atoms with Gasteiger partial charge in [0.25, 0.3) is 0 Å². The molecule has 0 bridgehead atoms. The molecule has 3 atom stereocenters. The minimum atomic E-state index is -0.466. The van der Waals surface area contributed by atoms with Gasteiger partial charge in [-0.3, -0.25) is 9.59 Å². The van der Waals surface area contributed by atoms with E-state index in [1.165, 1.54) is 7.11 Å². The number of likely N-dealkylation sites (tertiary alicyclic amines) is 1. The first-order chi connectivity index (χ1) is 9.42. The first-order valence-electron chi connectivity index (χ1n) is 7.32. The van der Waals surface area contributed by atoms with Crippen molar-refractivity contribution in [1.29, 1.82) is 0 Å². The number of nitrogens with zero attached hydrogens (tertiary/aromatic N) is 1. The molecule has 1 rings (SSSR count). The van der Waals surface area contributed by atoms with Gasteiger partial charge in [0.2, 0.25) is 5.91 Å². The van der Waals surface area contributed by atoms with E-state index in [0.29, 0.717) is 5.92 Å². The fourth-order valence-corrected chi connectivity index (χ4v) is 2.85. The van der Waals surface area contributed by atoms with Crippen LogP contribution in [0, 0.1) is 11.8 Å². The van der Waals surface area contributed by atoms with Crippen molar-refractivity contribution in [1.82, 2.24) is 4.90 Å². The van der Waals surface area contributed by atoms with E-state index in [9.17, 15) is 9.59 Å². The molecular weight excluding hydrogens is 258 g/mol. The van der Waals surface area contributed by atoms with Crippen molar-refractivity contribution in [2.24, 2.45) is 11.8 Å². The Hall–Kier alpha value is -1.10. The van der Waals surface area contributed by atoms with Crippen molar-refractivity contribution in [2.75, 3.05) is 20.8 Å². The zero-order chi connectivity index (χ0) is 15.3. The van der Waals surface area contributed by atoms with Crippen LogP contribution in [0.1, 0.15) is 40.0 Å². The molecule has 20 heavy (non-hydrogen) atoms. The SMILES string of the molecule is COC(=O)C[C@H](C(=O)N1CCC[C@H]1C(C)C)[C@H](C)OC. The van der Waals surface area contributed by atoms with Crippen LogP contribution in [0.5, 0.6) is 0 Å². The Bertz CT molecular complexity index is 343. The van der Waals surface area contributed by atoms with Crippen molar-refractivity contribution < 1.29 is 19.1 Å². The van der Waals surface area contributed by atoms with Crippen LogP contribution in [0.2, 0.25) is 0 Å². The molecule has 0 radical (unpaired) electrons. The summed E-state index contributed by atoms with van der Waals surface area (Å²) in [6, 6.07) is 0.270. The Morgan fingerprint density at radius 3 is 2.40 bits per heavy atom. The number of amides is 1. The summed E-state index contributed by atoms with van der Waals surface area (Å²) in [5, 5.41) is 0. The van der Waals surface area contributed by atoms with E-state index in [0.717, 1.165) is 19.4 Å². The molecule has 0 saturated carbocycles. The van der Waals surface area contributed by atoms with Gasteiger partial charge in [0, 0.05) is 19.7 Å². The second-order valence-corrected chi connectivity index (χ2v) is 5.81. The van der Waals surface area contributed by atoms with Crippen LogP contribution in [0.4, 0.5) is 0 Å². The molecule has 1 saturated heterocycles. The maximum absolute atomic E-state index is 12.8. The van der Waals surface area contributed by atoms with Crippen molar-refractivity contribution in [3.05, 3.63) is 0 Å². The van der Waals surface area contributed by atoms with Gasteiger partial charge in [-0.1, -0.05) is 13.8 Å². The van der Waals surface area contributed by atoms with E-state index >= 15 is 0 Å². The van der Waals surface area contributed by atoms with Crippen LogP contribution in [0.25, 0.3) is 0 Å². The largest absolute Gasteiger partial charge is 0.469 e. The Balaban J connectivity index is 2.84. The average Bonchev–Trinajstić information content (AvgIpc) is 2.92. The van der Waals surface area contributed by atoms with Gasteiger partial charge in [-0.05, 0) is 25.7 Å². The molecule has 1 heterocycles. The standard InChI is InChI=1S/C15H27NO4/c1-10(2)13-7-6-8-16(13)15(18)12(11(3)19-4)9-14(17)20-5/h10-13H,6-9H2,1-5H3/t11-,12-,13-/m0/s1. The topological polar surface area (TPSA) is 55.8 Å². The fraction of sp³-hybridized carbons (Fsp3) is 0.867. The smallest absolute Gasteiger partial charge is 0.306 e. The van der Waals surface area contributed by atoms with Gasteiger partial charge in [0.15, 0.2) is 0 Å². The third-order valence-electron chi connectivity index (χ3n) is 4.22. The first-order valence-corrected chi connectivity index (χ1v) is 7.32. The third-order valence-corrected chi connectivity index (χ3v) is 4.22. The summed E-state index contributed by atoms with van der Waals surface area (Å²) in [7, 11) is 2.90. The van der Waals surface area contributed by atoms with Crippen molar-refractivity contribution >= 4 is 11.9 Å². The number of methoxy groups -OCH3 is 2. The lowest BCUT2D eigenvalue weighted by molar-refractivity contribution is -0.151. The van der Waals surface area contributed by atoms with Crippen molar-refractivity contribution in [3.8, 4) is 0 Å². The summed E-state index contributed by atoms with van der Waals surface area (Å²) in [5.41, 5.74) is 0. The number of ether oxygens (including phenoxy) is 2. The molecule has 1 fully saturated rings. The van der Waals surface area contributed by atoms with E-state index in [1.54, 1.807) is 7.11 Å². The summed E-state index contributed by atoms with van der Waals surface area (Å²) < 4.78 is 9.98. The van der Waals surface area contributed by atoms with Gasteiger partial charge in [-0.2, -0.15) is 0 Å². The van der Waals surface area contributed by atoms with E-state index in [4.69, 9.17) is 9.47 Å². The van der Waals surface area contributed by atoms with E-state index in [-0.39, 0.29) is 30.4 Å². The lowest BCUT2D eigenvalue weighted by Gasteiger charge is -2.32. The zero-order valence-corrected chi connectivity index (χ0v) is 13.2. The summed E-state index contributed by atoms with van der Waals surface area (Å²) in [5.74, 6) is -0.390.